The number of nitrogens with one attached hydrogen (secondary N) is 2. The number of ether oxygens (including phenoxy) is 2. The van der Waals surface area contributed by atoms with Crippen molar-refractivity contribution in [1.29, 1.82) is 5.41 Å². The number of carboxylic acid groups (broad SMARTS) is 1. The minimum atomic E-state index is -1.09. The van der Waals surface area contributed by atoms with Crippen molar-refractivity contribution in [3.05, 3.63) is 53.6 Å². The molecule has 0 aliphatic heterocycles. The molecule has 1 atom stereocenters. The quantitative estimate of drug-likeness (QED) is 0.328. The van der Waals surface area contributed by atoms with Crippen LogP contribution in [-0.4, -0.2) is 35.9 Å². The number of Topliss-reactive ketones (excluding diaryl/α,β-unsaturated/α-hetero) is 1. The van der Waals surface area contributed by atoms with E-state index in [9.17, 15) is 14.7 Å². The third-order valence-corrected chi connectivity index (χ3v) is 4.33. The number of benzene rings is 2. The van der Waals surface area contributed by atoms with Gasteiger partial charge in [0.2, 0.25) is 0 Å². The summed E-state index contributed by atoms with van der Waals surface area (Å²) in [6.07, 6.45) is 0. The monoisotopic (exact) mass is 413 g/mol. The summed E-state index contributed by atoms with van der Waals surface area (Å²) in [5.74, 6) is -0.586. The van der Waals surface area contributed by atoms with Gasteiger partial charge in [-0.05, 0) is 48.9 Å². The molecule has 0 aliphatic rings. The van der Waals surface area contributed by atoms with Crippen molar-refractivity contribution >= 4 is 23.3 Å². The molecule has 0 heterocycles. The van der Waals surface area contributed by atoms with Gasteiger partial charge >= 0.3 is 5.97 Å². The number of ketones is 1. The van der Waals surface area contributed by atoms with Gasteiger partial charge in [0.25, 0.3) is 0 Å². The van der Waals surface area contributed by atoms with Gasteiger partial charge in [0, 0.05) is 23.2 Å². The minimum absolute atomic E-state index is 0.0585. The Morgan fingerprint density at radius 2 is 1.70 bits per heavy atom. The summed E-state index contributed by atoms with van der Waals surface area (Å²) >= 11 is 0. The van der Waals surface area contributed by atoms with Crippen molar-refractivity contribution < 1.29 is 24.2 Å². The number of nitrogen functional groups attached to an aromatic ring is 1. The second-order valence-electron chi connectivity index (χ2n) is 6.99. The van der Waals surface area contributed by atoms with Crippen LogP contribution in [0.1, 0.15) is 37.9 Å². The van der Waals surface area contributed by atoms with Crippen LogP contribution in [-0.2, 0) is 9.59 Å². The fourth-order valence-electron chi connectivity index (χ4n) is 2.62. The van der Waals surface area contributed by atoms with Crippen molar-refractivity contribution in [2.75, 3.05) is 18.5 Å². The van der Waals surface area contributed by atoms with E-state index in [1.54, 1.807) is 56.3 Å². The lowest BCUT2D eigenvalue weighted by Gasteiger charge is -2.19. The Balaban J connectivity index is 2.31. The maximum Gasteiger partial charge on any atom is 0.330 e. The first kappa shape index (κ1) is 22.7. The van der Waals surface area contributed by atoms with Gasteiger partial charge in [0.1, 0.15) is 23.9 Å². The Hall–Kier alpha value is -3.55. The molecule has 0 spiro atoms. The van der Waals surface area contributed by atoms with Gasteiger partial charge < -0.3 is 25.6 Å². The zero-order valence-electron chi connectivity index (χ0n) is 17.3. The Kier molecular flexibility index (Phi) is 7.80. The van der Waals surface area contributed by atoms with Gasteiger partial charge in [0.15, 0.2) is 11.8 Å². The molecule has 0 saturated heterocycles. The van der Waals surface area contributed by atoms with Gasteiger partial charge in [-0.2, -0.15) is 0 Å². The van der Waals surface area contributed by atoms with E-state index in [2.05, 4.69) is 5.32 Å². The van der Waals surface area contributed by atoms with Gasteiger partial charge in [-0.25, -0.2) is 4.79 Å². The third kappa shape index (κ3) is 6.23. The normalized spacial score (nSPS) is 11.6. The maximum absolute atomic E-state index is 12.0. The molecular formula is C22H27N3O5. The lowest BCUT2D eigenvalue weighted by molar-refractivity contribution is -0.138. The topological polar surface area (TPSA) is 135 Å². The van der Waals surface area contributed by atoms with Crippen LogP contribution in [0.4, 0.5) is 5.69 Å². The predicted octanol–water partition coefficient (Wildman–Crippen LogP) is 3.21. The number of carbonyl (C=O) groups is 2. The summed E-state index contributed by atoms with van der Waals surface area (Å²) in [5.41, 5.74) is 6.95. The fourth-order valence-corrected chi connectivity index (χ4v) is 2.62. The number of nitrogens with two attached hydrogens (primary N) is 1. The highest BCUT2D eigenvalue weighted by molar-refractivity contribution is 5.95. The van der Waals surface area contributed by atoms with Crippen molar-refractivity contribution in [1.82, 2.24) is 0 Å². The Labute approximate surface area is 175 Å². The van der Waals surface area contributed by atoms with Crippen LogP contribution in [0.3, 0.4) is 0 Å². The molecular weight excluding hydrogens is 386 g/mol. The first-order valence-electron chi connectivity index (χ1n) is 9.58. The number of carbonyl (C=O) groups excluding carboxylic acids is 1. The van der Waals surface area contributed by atoms with E-state index in [0.29, 0.717) is 34.9 Å². The molecule has 0 bridgehead atoms. The fraction of sp³-hybridized carbons (Fsp3) is 0.318. The number of anilines is 1. The lowest BCUT2D eigenvalue weighted by atomic mass is 10.0. The number of aliphatic carboxylic acids is 1. The molecule has 8 nitrogen and oxygen atoms in total. The molecule has 0 amide bonds. The molecule has 0 saturated carbocycles. The van der Waals surface area contributed by atoms with Crippen LogP contribution in [0, 0.1) is 11.3 Å². The number of carboxylic acids is 1. The molecule has 2 aromatic carbocycles. The van der Waals surface area contributed by atoms with Crippen LogP contribution < -0.4 is 20.5 Å². The van der Waals surface area contributed by atoms with E-state index in [0.717, 1.165) is 0 Å². The summed E-state index contributed by atoms with van der Waals surface area (Å²) in [7, 11) is 0. The number of hydrogen-bond acceptors (Lipinski definition) is 6. The second kappa shape index (κ2) is 10.3. The smallest absolute Gasteiger partial charge is 0.330 e. The zero-order chi connectivity index (χ0) is 22.3. The van der Waals surface area contributed by atoms with E-state index < -0.39 is 12.0 Å². The first-order valence-corrected chi connectivity index (χ1v) is 9.58. The first-order chi connectivity index (χ1) is 14.2. The number of amidine groups is 1. The van der Waals surface area contributed by atoms with E-state index >= 15 is 0 Å². The van der Waals surface area contributed by atoms with Crippen molar-refractivity contribution in [3.63, 3.8) is 0 Å². The molecule has 2 rings (SSSR count). The molecule has 30 heavy (non-hydrogen) atoms. The summed E-state index contributed by atoms with van der Waals surface area (Å²) in [4.78, 5) is 23.8. The summed E-state index contributed by atoms with van der Waals surface area (Å²) in [6.45, 7) is 5.68. The van der Waals surface area contributed by atoms with Crippen molar-refractivity contribution in [2.24, 2.45) is 11.7 Å². The SMILES string of the molecule is CCOc1cc(OCC(=O)C(C)C)cc(C(Nc2ccc(C(=N)N)cc2)C(=O)O)c1. The molecule has 2 aromatic rings. The van der Waals surface area contributed by atoms with Gasteiger partial charge in [-0.15, -0.1) is 0 Å². The average Bonchev–Trinajstić information content (AvgIpc) is 2.70. The van der Waals surface area contributed by atoms with E-state index in [-0.39, 0.29) is 24.1 Å². The standard InChI is InChI=1S/C22H27N3O5/c1-4-29-17-9-15(10-18(11-17)30-12-19(26)13(2)3)20(22(27)28)25-16-7-5-14(6-8-16)21(23)24/h5-11,13,20,25H,4,12H2,1-3H3,(H3,23,24)(H,27,28). The molecule has 0 aromatic heterocycles. The van der Waals surface area contributed by atoms with Crippen LogP contribution in [0.5, 0.6) is 11.5 Å². The van der Waals surface area contributed by atoms with Crippen LogP contribution in [0.15, 0.2) is 42.5 Å². The molecule has 0 aliphatic carbocycles. The molecule has 1 unspecified atom stereocenters. The largest absolute Gasteiger partial charge is 0.494 e. The number of rotatable bonds is 11. The highest BCUT2D eigenvalue weighted by Crippen LogP contribution is 2.29. The predicted molar refractivity (Wildman–Crippen MR) is 114 cm³/mol. The van der Waals surface area contributed by atoms with E-state index in [4.69, 9.17) is 20.6 Å². The second-order valence-corrected chi connectivity index (χ2v) is 6.99. The Morgan fingerprint density at radius 1 is 1.10 bits per heavy atom. The highest BCUT2D eigenvalue weighted by Gasteiger charge is 2.22. The molecule has 8 heteroatoms. The van der Waals surface area contributed by atoms with Gasteiger partial charge in [-0.3, -0.25) is 10.2 Å². The highest BCUT2D eigenvalue weighted by atomic mass is 16.5. The Bertz CT molecular complexity index is 909. The van der Waals surface area contributed by atoms with Crippen LogP contribution >= 0.6 is 0 Å². The zero-order valence-corrected chi connectivity index (χ0v) is 17.3. The van der Waals surface area contributed by atoms with Crippen molar-refractivity contribution in [2.45, 2.75) is 26.8 Å². The van der Waals surface area contributed by atoms with E-state index in [1.165, 1.54) is 0 Å². The summed E-state index contributed by atoms with van der Waals surface area (Å²) in [5, 5.41) is 20.2. The number of hydrogen-bond donors (Lipinski definition) is 4. The lowest BCUT2D eigenvalue weighted by Crippen LogP contribution is -2.21. The van der Waals surface area contributed by atoms with Crippen LogP contribution in [0.25, 0.3) is 0 Å². The van der Waals surface area contributed by atoms with E-state index in [1.807, 2.05) is 6.92 Å². The summed E-state index contributed by atoms with van der Waals surface area (Å²) < 4.78 is 11.1. The average molecular weight is 413 g/mol. The van der Waals surface area contributed by atoms with Crippen LogP contribution in [0.2, 0.25) is 0 Å². The molecule has 5 N–H and O–H groups in total. The molecule has 0 radical (unpaired) electrons. The molecule has 160 valence electrons. The Morgan fingerprint density at radius 3 is 2.20 bits per heavy atom. The minimum Gasteiger partial charge on any atom is -0.494 e. The van der Waals surface area contributed by atoms with Gasteiger partial charge in [0.05, 0.1) is 6.61 Å². The van der Waals surface area contributed by atoms with Gasteiger partial charge in [-0.1, -0.05) is 13.8 Å². The molecule has 0 fully saturated rings. The maximum atomic E-state index is 12.0. The van der Waals surface area contributed by atoms with Crippen molar-refractivity contribution in [3.8, 4) is 11.5 Å². The summed E-state index contributed by atoms with van der Waals surface area (Å²) in [6, 6.07) is 10.3. The third-order valence-electron chi connectivity index (χ3n) is 4.33.